The predicted octanol–water partition coefficient (Wildman–Crippen LogP) is 1.73. The van der Waals surface area contributed by atoms with Crippen molar-refractivity contribution >= 4 is 0 Å². The molecule has 1 heteroatoms. The quantitative estimate of drug-likeness (QED) is 0.480. The molecule has 0 aromatic carbocycles. The summed E-state index contributed by atoms with van der Waals surface area (Å²) < 4.78 is 0. The number of hydrogen-bond acceptors (Lipinski definition) is 1. The standard InChI is InChI=1S/C11H15N/c1-3-5-6-7-10-8-11(4-2)12-9-10/h3-4,10-12H,1-2,5,8-9H2. The van der Waals surface area contributed by atoms with Crippen molar-refractivity contribution in [1.29, 1.82) is 0 Å². The minimum absolute atomic E-state index is 0.466. The van der Waals surface area contributed by atoms with E-state index in [0.717, 1.165) is 19.4 Å². The third-order valence-electron chi connectivity index (χ3n) is 2.00. The fourth-order valence-electron chi connectivity index (χ4n) is 1.33. The summed E-state index contributed by atoms with van der Waals surface area (Å²) in [6.07, 6.45) is 5.69. The molecule has 1 fully saturated rings. The van der Waals surface area contributed by atoms with Crippen molar-refractivity contribution in [2.24, 2.45) is 5.92 Å². The van der Waals surface area contributed by atoms with Gasteiger partial charge in [0, 0.05) is 24.9 Å². The Labute approximate surface area is 74.6 Å². The Balaban J connectivity index is 2.33. The maximum Gasteiger partial charge on any atom is 0.0345 e. The van der Waals surface area contributed by atoms with Gasteiger partial charge in [-0.05, 0) is 6.42 Å². The number of nitrogens with one attached hydrogen (secondary N) is 1. The summed E-state index contributed by atoms with van der Waals surface area (Å²) in [5, 5.41) is 3.34. The molecule has 0 bridgehead atoms. The lowest BCUT2D eigenvalue weighted by atomic mass is 10.1. The zero-order chi connectivity index (χ0) is 8.81. The first kappa shape index (κ1) is 9.09. The van der Waals surface area contributed by atoms with Gasteiger partial charge in [-0.3, -0.25) is 0 Å². The summed E-state index contributed by atoms with van der Waals surface area (Å²) in [6, 6.07) is 0.466. The van der Waals surface area contributed by atoms with Gasteiger partial charge >= 0.3 is 0 Å². The molecule has 2 unspecified atom stereocenters. The SMILES string of the molecule is C=CCC#CC1CNC(C=C)C1. The third-order valence-corrected chi connectivity index (χ3v) is 2.00. The first-order valence-corrected chi connectivity index (χ1v) is 4.32. The van der Waals surface area contributed by atoms with Crippen molar-refractivity contribution in [2.75, 3.05) is 6.54 Å². The molecule has 1 N–H and O–H groups in total. The fourth-order valence-corrected chi connectivity index (χ4v) is 1.33. The highest BCUT2D eigenvalue weighted by molar-refractivity contribution is 5.11. The van der Waals surface area contributed by atoms with Crippen LogP contribution in [0.15, 0.2) is 25.3 Å². The maximum absolute atomic E-state index is 3.75. The van der Waals surface area contributed by atoms with Crippen molar-refractivity contribution in [3.05, 3.63) is 25.3 Å². The number of allylic oxidation sites excluding steroid dienone is 1. The lowest BCUT2D eigenvalue weighted by Crippen LogP contribution is -2.17. The van der Waals surface area contributed by atoms with Crippen LogP contribution < -0.4 is 5.32 Å². The van der Waals surface area contributed by atoms with E-state index in [4.69, 9.17) is 0 Å². The highest BCUT2D eigenvalue weighted by Crippen LogP contribution is 2.13. The third kappa shape index (κ3) is 2.56. The van der Waals surface area contributed by atoms with E-state index < -0.39 is 0 Å². The van der Waals surface area contributed by atoms with Gasteiger partial charge < -0.3 is 5.32 Å². The van der Waals surface area contributed by atoms with Crippen LogP contribution in [0.25, 0.3) is 0 Å². The van der Waals surface area contributed by atoms with Crippen LogP contribution in [-0.2, 0) is 0 Å². The molecule has 1 nitrogen and oxygen atoms in total. The molecule has 1 rings (SSSR count). The Morgan fingerprint density at radius 2 is 2.33 bits per heavy atom. The second kappa shape index (κ2) is 4.79. The predicted molar refractivity (Wildman–Crippen MR) is 52.7 cm³/mol. The normalized spacial score (nSPS) is 27.3. The van der Waals surface area contributed by atoms with E-state index in [2.05, 4.69) is 30.3 Å². The number of rotatable bonds is 2. The average molecular weight is 161 g/mol. The molecule has 1 aliphatic heterocycles. The van der Waals surface area contributed by atoms with Gasteiger partial charge in [-0.25, -0.2) is 0 Å². The maximum atomic E-state index is 3.75. The summed E-state index contributed by atoms with van der Waals surface area (Å²) in [5.41, 5.74) is 0. The molecule has 0 aromatic heterocycles. The van der Waals surface area contributed by atoms with Crippen LogP contribution >= 0.6 is 0 Å². The Hall–Kier alpha value is -1.00. The Morgan fingerprint density at radius 1 is 1.50 bits per heavy atom. The van der Waals surface area contributed by atoms with E-state index in [0.29, 0.717) is 12.0 Å². The van der Waals surface area contributed by atoms with E-state index in [1.54, 1.807) is 0 Å². The van der Waals surface area contributed by atoms with Crippen LogP contribution in [0.3, 0.4) is 0 Å². The topological polar surface area (TPSA) is 12.0 Å². The van der Waals surface area contributed by atoms with Gasteiger partial charge in [0.15, 0.2) is 0 Å². The second-order valence-corrected chi connectivity index (χ2v) is 3.00. The van der Waals surface area contributed by atoms with Crippen LogP contribution in [0.4, 0.5) is 0 Å². The molecule has 1 aliphatic rings. The lowest BCUT2D eigenvalue weighted by Gasteiger charge is -1.98. The molecule has 0 spiro atoms. The largest absolute Gasteiger partial charge is 0.309 e. The van der Waals surface area contributed by atoms with Gasteiger partial charge in [0.25, 0.3) is 0 Å². The smallest absolute Gasteiger partial charge is 0.0345 e. The van der Waals surface area contributed by atoms with Crippen LogP contribution in [0.2, 0.25) is 0 Å². The van der Waals surface area contributed by atoms with Crippen LogP contribution in [0.1, 0.15) is 12.8 Å². The van der Waals surface area contributed by atoms with E-state index in [1.807, 2.05) is 12.2 Å². The molecule has 0 radical (unpaired) electrons. The van der Waals surface area contributed by atoms with Crippen molar-refractivity contribution < 1.29 is 0 Å². The molecule has 1 heterocycles. The molecule has 0 saturated carbocycles. The Bertz CT molecular complexity index is 219. The molecule has 0 amide bonds. The summed E-state index contributed by atoms with van der Waals surface area (Å²) in [4.78, 5) is 0. The highest BCUT2D eigenvalue weighted by atomic mass is 14.9. The molecule has 0 aliphatic carbocycles. The second-order valence-electron chi connectivity index (χ2n) is 3.00. The van der Waals surface area contributed by atoms with Crippen molar-refractivity contribution in [3.8, 4) is 11.8 Å². The first-order chi connectivity index (χ1) is 5.86. The van der Waals surface area contributed by atoms with Gasteiger partial charge in [0.2, 0.25) is 0 Å². The van der Waals surface area contributed by atoms with E-state index >= 15 is 0 Å². The number of hydrogen-bond donors (Lipinski definition) is 1. The average Bonchev–Trinajstić information content (AvgIpc) is 2.53. The van der Waals surface area contributed by atoms with Gasteiger partial charge in [0.1, 0.15) is 0 Å². The van der Waals surface area contributed by atoms with Crippen molar-refractivity contribution in [2.45, 2.75) is 18.9 Å². The molecular weight excluding hydrogens is 146 g/mol. The molecule has 2 atom stereocenters. The van der Waals surface area contributed by atoms with Gasteiger partial charge in [-0.15, -0.1) is 13.2 Å². The summed E-state index contributed by atoms with van der Waals surface area (Å²) in [5.74, 6) is 6.80. The molecule has 0 aromatic rings. The zero-order valence-corrected chi connectivity index (χ0v) is 7.34. The van der Waals surface area contributed by atoms with Gasteiger partial charge in [-0.2, -0.15) is 0 Å². The van der Waals surface area contributed by atoms with Crippen LogP contribution in [-0.4, -0.2) is 12.6 Å². The van der Waals surface area contributed by atoms with Gasteiger partial charge in [0.05, 0.1) is 0 Å². The zero-order valence-electron chi connectivity index (χ0n) is 7.34. The minimum Gasteiger partial charge on any atom is -0.309 e. The first-order valence-electron chi connectivity index (χ1n) is 4.32. The molecule has 1 saturated heterocycles. The van der Waals surface area contributed by atoms with Gasteiger partial charge in [-0.1, -0.05) is 24.0 Å². The fraction of sp³-hybridized carbons (Fsp3) is 0.455. The van der Waals surface area contributed by atoms with Crippen LogP contribution in [0, 0.1) is 17.8 Å². The van der Waals surface area contributed by atoms with Crippen molar-refractivity contribution in [3.63, 3.8) is 0 Å². The highest BCUT2D eigenvalue weighted by Gasteiger charge is 2.19. The monoisotopic (exact) mass is 161 g/mol. The van der Waals surface area contributed by atoms with E-state index in [-0.39, 0.29) is 0 Å². The molecule has 12 heavy (non-hydrogen) atoms. The molecule has 64 valence electrons. The summed E-state index contributed by atoms with van der Waals surface area (Å²) in [6.45, 7) is 8.37. The van der Waals surface area contributed by atoms with Crippen molar-refractivity contribution in [1.82, 2.24) is 5.32 Å². The minimum atomic E-state index is 0.466. The summed E-state index contributed by atoms with van der Waals surface area (Å²) in [7, 11) is 0. The summed E-state index contributed by atoms with van der Waals surface area (Å²) >= 11 is 0. The Kier molecular flexibility index (Phi) is 3.63. The Morgan fingerprint density at radius 3 is 2.92 bits per heavy atom. The lowest BCUT2D eigenvalue weighted by molar-refractivity contribution is 0.720. The van der Waals surface area contributed by atoms with Crippen LogP contribution in [0.5, 0.6) is 0 Å². The van der Waals surface area contributed by atoms with E-state index in [1.165, 1.54) is 0 Å². The molecular formula is C11H15N. The van der Waals surface area contributed by atoms with E-state index in [9.17, 15) is 0 Å².